The van der Waals surface area contributed by atoms with Crippen LogP contribution < -0.4 is 11.1 Å². The average molecular weight is 301 g/mol. The van der Waals surface area contributed by atoms with Crippen LogP contribution in [0.3, 0.4) is 0 Å². The molecule has 1 aromatic heterocycles. The van der Waals surface area contributed by atoms with Crippen LogP contribution in [0, 0.1) is 5.92 Å². The molecule has 0 saturated heterocycles. The maximum Gasteiger partial charge on any atom is 0.223 e. The number of carbonyl (C=O) groups excluding carboxylic acids is 1. The fraction of sp³-hybridized carbons (Fsp3) is 0.400. The Balaban J connectivity index is 1.56. The molecular weight excluding hydrogens is 282 g/mol. The van der Waals surface area contributed by atoms with Crippen molar-refractivity contribution in [2.45, 2.75) is 31.5 Å². The van der Waals surface area contributed by atoms with Gasteiger partial charge in [-0.05, 0) is 12.8 Å². The number of nitrogens with zero attached hydrogens (tertiary/aromatic N) is 2. The van der Waals surface area contributed by atoms with E-state index >= 15 is 0 Å². The summed E-state index contributed by atoms with van der Waals surface area (Å²) in [6.45, 7) is 0.278. The monoisotopic (exact) mass is 301 g/mol. The van der Waals surface area contributed by atoms with Crippen LogP contribution in [0.25, 0.3) is 11.4 Å². The van der Waals surface area contributed by atoms with E-state index in [4.69, 9.17) is 5.73 Å². The fourth-order valence-corrected chi connectivity index (χ4v) is 2.67. The summed E-state index contributed by atoms with van der Waals surface area (Å²) in [5.74, 6) is 0.851. The summed E-state index contributed by atoms with van der Waals surface area (Å²) in [5.41, 5.74) is 6.64. The lowest BCUT2D eigenvalue weighted by Crippen LogP contribution is -2.30. The number of aromatic nitrogens is 3. The van der Waals surface area contributed by atoms with Gasteiger partial charge in [-0.15, -0.1) is 0 Å². The number of rotatable bonds is 4. The van der Waals surface area contributed by atoms with E-state index in [0.29, 0.717) is 24.5 Å². The summed E-state index contributed by atoms with van der Waals surface area (Å²) in [4.78, 5) is 16.4. The highest BCUT2D eigenvalue weighted by molar-refractivity contribution is 5.79. The molecule has 1 aliphatic carbocycles. The fourth-order valence-electron chi connectivity index (χ4n) is 2.67. The number of aliphatic hydroxyl groups is 1. The summed E-state index contributed by atoms with van der Waals surface area (Å²) < 4.78 is 0. The Hall–Kier alpha value is -2.25. The minimum Gasteiger partial charge on any atom is -0.391 e. The molecule has 116 valence electrons. The first-order valence-electron chi connectivity index (χ1n) is 7.31. The Morgan fingerprint density at radius 1 is 1.36 bits per heavy atom. The van der Waals surface area contributed by atoms with Crippen LogP contribution in [0.15, 0.2) is 30.3 Å². The molecule has 1 saturated carbocycles. The Labute approximate surface area is 127 Å². The third kappa shape index (κ3) is 3.15. The van der Waals surface area contributed by atoms with E-state index in [0.717, 1.165) is 5.56 Å². The molecule has 0 aliphatic heterocycles. The first-order chi connectivity index (χ1) is 10.6. The molecule has 0 radical (unpaired) electrons. The van der Waals surface area contributed by atoms with E-state index in [9.17, 15) is 9.90 Å². The van der Waals surface area contributed by atoms with Crippen LogP contribution in [0.2, 0.25) is 0 Å². The Morgan fingerprint density at radius 3 is 2.82 bits per heavy atom. The van der Waals surface area contributed by atoms with Gasteiger partial charge in [0.25, 0.3) is 0 Å². The lowest BCUT2D eigenvalue weighted by atomic mass is 10.1. The number of hydrogen-bond acceptors (Lipinski definition) is 5. The summed E-state index contributed by atoms with van der Waals surface area (Å²) in [7, 11) is 0. The van der Waals surface area contributed by atoms with Gasteiger partial charge in [0.1, 0.15) is 5.82 Å². The molecule has 2 aromatic rings. The first-order valence-corrected chi connectivity index (χ1v) is 7.31. The SMILES string of the molecule is N[C@@H]1C[C@H](C(=O)NCc2nc(-c3ccccc3)n[nH]2)C[C@H]1O. The zero-order valence-electron chi connectivity index (χ0n) is 12.1. The smallest absolute Gasteiger partial charge is 0.223 e. The highest BCUT2D eigenvalue weighted by Gasteiger charge is 2.34. The van der Waals surface area contributed by atoms with E-state index < -0.39 is 6.10 Å². The van der Waals surface area contributed by atoms with Gasteiger partial charge in [-0.2, -0.15) is 5.10 Å². The number of nitrogens with two attached hydrogens (primary N) is 1. The number of hydrogen-bond donors (Lipinski definition) is 4. The number of aliphatic hydroxyl groups excluding tert-OH is 1. The Morgan fingerprint density at radius 2 is 2.14 bits per heavy atom. The van der Waals surface area contributed by atoms with Crippen LogP contribution in [0.5, 0.6) is 0 Å². The second-order valence-corrected chi connectivity index (χ2v) is 5.59. The number of aromatic amines is 1. The van der Waals surface area contributed by atoms with Gasteiger partial charge in [-0.3, -0.25) is 9.89 Å². The quantitative estimate of drug-likeness (QED) is 0.643. The number of nitrogens with one attached hydrogen (secondary N) is 2. The van der Waals surface area contributed by atoms with Crippen LogP contribution in [-0.2, 0) is 11.3 Å². The minimum absolute atomic E-state index is 0.107. The maximum absolute atomic E-state index is 12.0. The second-order valence-electron chi connectivity index (χ2n) is 5.59. The third-order valence-electron chi connectivity index (χ3n) is 3.94. The van der Waals surface area contributed by atoms with Gasteiger partial charge < -0.3 is 16.2 Å². The molecule has 7 heteroatoms. The molecule has 5 N–H and O–H groups in total. The number of benzene rings is 1. The lowest BCUT2D eigenvalue weighted by molar-refractivity contribution is -0.125. The van der Waals surface area contributed by atoms with E-state index in [1.54, 1.807) is 0 Å². The molecule has 0 bridgehead atoms. The molecule has 7 nitrogen and oxygen atoms in total. The van der Waals surface area contributed by atoms with Crippen molar-refractivity contribution in [1.29, 1.82) is 0 Å². The molecular formula is C15H19N5O2. The van der Waals surface area contributed by atoms with Gasteiger partial charge in [0.15, 0.2) is 5.82 Å². The maximum atomic E-state index is 12.0. The van der Waals surface area contributed by atoms with Crippen molar-refractivity contribution in [1.82, 2.24) is 20.5 Å². The van der Waals surface area contributed by atoms with Crippen molar-refractivity contribution >= 4 is 5.91 Å². The van der Waals surface area contributed by atoms with E-state index in [1.807, 2.05) is 30.3 Å². The predicted octanol–water partition coefficient (Wildman–Crippen LogP) is 0.186. The van der Waals surface area contributed by atoms with Crippen molar-refractivity contribution in [2.75, 3.05) is 0 Å². The Kier molecular flexibility index (Phi) is 4.17. The molecule has 1 fully saturated rings. The number of carbonyl (C=O) groups is 1. The standard InChI is InChI=1S/C15H19N5O2/c16-11-6-10(7-12(11)21)15(22)17-8-13-18-14(20-19-13)9-4-2-1-3-5-9/h1-5,10-12,21H,6-8,16H2,(H,17,22)(H,18,19,20)/t10-,11+,12+/m0/s1. The predicted molar refractivity (Wildman–Crippen MR) is 80.4 cm³/mol. The van der Waals surface area contributed by atoms with E-state index in [1.165, 1.54) is 0 Å². The number of amides is 1. The largest absolute Gasteiger partial charge is 0.391 e. The molecule has 0 unspecified atom stereocenters. The van der Waals surface area contributed by atoms with Crippen molar-refractivity contribution in [2.24, 2.45) is 11.7 Å². The molecule has 22 heavy (non-hydrogen) atoms. The van der Waals surface area contributed by atoms with Crippen LogP contribution in [0.1, 0.15) is 18.7 Å². The molecule has 3 rings (SSSR count). The summed E-state index contributed by atoms with van der Waals surface area (Å²) in [6.07, 6.45) is 0.336. The van der Waals surface area contributed by atoms with Gasteiger partial charge in [-0.1, -0.05) is 30.3 Å². The first kappa shape index (κ1) is 14.7. The zero-order valence-corrected chi connectivity index (χ0v) is 12.1. The van der Waals surface area contributed by atoms with Gasteiger partial charge in [0.05, 0.1) is 12.6 Å². The van der Waals surface area contributed by atoms with Crippen molar-refractivity contribution < 1.29 is 9.90 Å². The van der Waals surface area contributed by atoms with Gasteiger partial charge in [0, 0.05) is 17.5 Å². The normalized spacial score (nSPS) is 24.4. The van der Waals surface area contributed by atoms with Crippen LogP contribution in [0.4, 0.5) is 0 Å². The van der Waals surface area contributed by atoms with E-state index in [2.05, 4.69) is 20.5 Å². The molecule has 3 atom stereocenters. The molecule has 1 heterocycles. The highest BCUT2D eigenvalue weighted by Crippen LogP contribution is 2.24. The highest BCUT2D eigenvalue weighted by atomic mass is 16.3. The molecule has 1 aliphatic rings. The minimum atomic E-state index is -0.592. The van der Waals surface area contributed by atoms with Gasteiger partial charge in [-0.25, -0.2) is 4.98 Å². The van der Waals surface area contributed by atoms with Crippen molar-refractivity contribution in [3.05, 3.63) is 36.2 Å². The van der Waals surface area contributed by atoms with Crippen LogP contribution in [-0.4, -0.2) is 38.3 Å². The van der Waals surface area contributed by atoms with Crippen molar-refractivity contribution in [3.8, 4) is 11.4 Å². The van der Waals surface area contributed by atoms with Crippen molar-refractivity contribution in [3.63, 3.8) is 0 Å². The van der Waals surface area contributed by atoms with Gasteiger partial charge >= 0.3 is 0 Å². The lowest BCUT2D eigenvalue weighted by Gasteiger charge is -2.08. The second kappa shape index (κ2) is 6.25. The number of H-pyrrole nitrogens is 1. The third-order valence-corrected chi connectivity index (χ3v) is 3.94. The molecule has 1 amide bonds. The van der Waals surface area contributed by atoms with Crippen LogP contribution >= 0.6 is 0 Å². The summed E-state index contributed by atoms with van der Waals surface area (Å²) in [5, 5.41) is 19.4. The van der Waals surface area contributed by atoms with E-state index in [-0.39, 0.29) is 24.4 Å². The summed E-state index contributed by atoms with van der Waals surface area (Å²) >= 11 is 0. The average Bonchev–Trinajstić information content (AvgIpc) is 3.13. The molecule has 0 spiro atoms. The zero-order chi connectivity index (χ0) is 15.5. The molecule has 1 aromatic carbocycles. The Bertz CT molecular complexity index is 632. The summed E-state index contributed by atoms with van der Waals surface area (Å²) in [6, 6.07) is 9.30. The topological polar surface area (TPSA) is 117 Å². The van der Waals surface area contributed by atoms with Gasteiger partial charge in [0.2, 0.25) is 5.91 Å².